The molecule has 0 spiro atoms. The predicted molar refractivity (Wildman–Crippen MR) is 73.9 cm³/mol. The van der Waals surface area contributed by atoms with Crippen LogP contribution in [0.4, 0.5) is 17.6 Å². The number of carbonyl (C=O) groups is 2. The van der Waals surface area contributed by atoms with Gasteiger partial charge in [-0.15, -0.1) is 0 Å². The van der Waals surface area contributed by atoms with Gasteiger partial charge < -0.3 is 15.2 Å². The van der Waals surface area contributed by atoms with E-state index in [1.807, 2.05) is 0 Å². The first kappa shape index (κ1) is 18.2. The highest BCUT2D eigenvalue weighted by atomic mass is 19.4. The standard InChI is InChI=1S/C15H15F4NO4/c16-12(9-1-3-10(4-2-9)15(17,18)19)13(23)20-14(7-11(21)22)5-6-24-8-14/h1-4,12H,5-8H2,(H,20,23)(H,21,22). The number of carboxylic acids is 1. The van der Waals surface area contributed by atoms with Crippen LogP contribution in [0.25, 0.3) is 0 Å². The van der Waals surface area contributed by atoms with Gasteiger partial charge in [0.2, 0.25) is 6.17 Å². The van der Waals surface area contributed by atoms with Crippen LogP contribution in [0.2, 0.25) is 0 Å². The summed E-state index contributed by atoms with van der Waals surface area (Å²) < 4.78 is 56.7. The third-order valence-corrected chi connectivity index (χ3v) is 3.74. The molecule has 1 aromatic rings. The van der Waals surface area contributed by atoms with E-state index in [4.69, 9.17) is 9.84 Å². The first-order valence-electron chi connectivity index (χ1n) is 7.06. The molecule has 2 unspecified atom stereocenters. The second-order valence-corrected chi connectivity index (χ2v) is 5.63. The van der Waals surface area contributed by atoms with Crippen molar-refractivity contribution in [3.05, 3.63) is 35.4 Å². The Morgan fingerprint density at radius 3 is 2.38 bits per heavy atom. The van der Waals surface area contributed by atoms with Crippen LogP contribution >= 0.6 is 0 Å². The van der Waals surface area contributed by atoms with Crippen LogP contribution in [0, 0.1) is 0 Å². The number of rotatable bonds is 5. The fourth-order valence-corrected chi connectivity index (χ4v) is 2.50. The molecule has 0 radical (unpaired) electrons. The van der Waals surface area contributed by atoms with Gasteiger partial charge in [-0.3, -0.25) is 9.59 Å². The van der Waals surface area contributed by atoms with E-state index < -0.39 is 41.7 Å². The Balaban J connectivity index is 2.09. The zero-order valence-corrected chi connectivity index (χ0v) is 12.4. The van der Waals surface area contributed by atoms with Gasteiger partial charge in [0.15, 0.2) is 0 Å². The monoisotopic (exact) mass is 349 g/mol. The number of benzene rings is 1. The Morgan fingerprint density at radius 1 is 1.29 bits per heavy atom. The summed E-state index contributed by atoms with van der Waals surface area (Å²) in [6.45, 7) is 0.162. The summed E-state index contributed by atoms with van der Waals surface area (Å²) in [6, 6.07) is 3.12. The van der Waals surface area contributed by atoms with E-state index in [9.17, 15) is 27.2 Å². The molecule has 1 heterocycles. The third-order valence-electron chi connectivity index (χ3n) is 3.74. The van der Waals surface area contributed by atoms with Crippen molar-refractivity contribution in [1.82, 2.24) is 5.32 Å². The average molecular weight is 349 g/mol. The maximum Gasteiger partial charge on any atom is 0.416 e. The smallest absolute Gasteiger partial charge is 0.416 e. The highest BCUT2D eigenvalue weighted by molar-refractivity contribution is 5.83. The maximum absolute atomic E-state index is 14.2. The summed E-state index contributed by atoms with van der Waals surface area (Å²) in [6.07, 6.45) is -6.98. The number of hydrogen-bond donors (Lipinski definition) is 2. The molecule has 2 atom stereocenters. The van der Waals surface area contributed by atoms with E-state index in [2.05, 4.69) is 5.32 Å². The van der Waals surface area contributed by atoms with Crippen molar-refractivity contribution in [3.63, 3.8) is 0 Å². The van der Waals surface area contributed by atoms with E-state index in [0.717, 1.165) is 12.1 Å². The molecular formula is C15H15F4NO4. The SMILES string of the molecule is O=C(O)CC1(NC(=O)C(F)c2ccc(C(F)(F)F)cc2)CCOC1. The minimum absolute atomic E-state index is 0.0647. The molecule has 0 aromatic heterocycles. The summed E-state index contributed by atoms with van der Waals surface area (Å²) in [7, 11) is 0. The van der Waals surface area contributed by atoms with Gasteiger partial charge >= 0.3 is 12.1 Å². The maximum atomic E-state index is 14.2. The fraction of sp³-hybridized carbons (Fsp3) is 0.467. The fourth-order valence-electron chi connectivity index (χ4n) is 2.50. The quantitative estimate of drug-likeness (QED) is 0.801. The van der Waals surface area contributed by atoms with Crippen molar-refractivity contribution in [2.75, 3.05) is 13.2 Å². The first-order chi connectivity index (χ1) is 11.1. The molecule has 1 aliphatic heterocycles. The summed E-state index contributed by atoms with van der Waals surface area (Å²) >= 11 is 0. The normalized spacial score (nSPS) is 22.2. The van der Waals surface area contributed by atoms with Crippen molar-refractivity contribution < 1.29 is 37.0 Å². The number of alkyl halides is 4. The molecule has 0 saturated carbocycles. The van der Waals surface area contributed by atoms with E-state index in [-0.39, 0.29) is 25.2 Å². The lowest BCUT2D eigenvalue weighted by molar-refractivity contribution is -0.140. The molecule has 9 heteroatoms. The highest BCUT2D eigenvalue weighted by Gasteiger charge is 2.40. The lowest BCUT2D eigenvalue weighted by atomic mass is 9.93. The van der Waals surface area contributed by atoms with Gasteiger partial charge in [0.25, 0.3) is 5.91 Å². The number of amides is 1. The summed E-state index contributed by atoms with van der Waals surface area (Å²) in [5.41, 5.74) is -2.41. The topological polar surface area (TPSA) is 75.6 Å². The predicted octanol–water partition coefficient (Wildman–Crippen LogP) is 2.47. The average Bonchev–Trinajstić information content (AvgIpc) is 2.92. The van der Waals surface area contributed by atoms with E-state index in [1.165, 1.54) is 0 Å². The van der Waals surface area contributed by atoms with E-state index in [0.29, 0.717) is 12.1 Å². The largest absolute Gasteiger partial charge is 0.481 e. The van der Waals surface area contributed by atoms with Crippen LogP contribution in [0.15, 0.2) is 24.3 Å². The second-order valence-electron chi connectivity index (χ2n) is 5.63. The Labute approximate surface area is 134 Å². The molecule has 24 heavy (non-hydrogen) atoms. The zero-order valence-electron chi connectivity index (χ0n) is 12.4. The van der Waals surface area contributed by atoms with Gasteiger partial charge in [-0.2, -0.15) is 13.2 Å². The first-order valence-corrected chi connectivity index (χ1v) is 7.06. The summed E-state index contributed by atoms with van der Waals surface area (Å²) in [5, 5.41) is 11.2. The van der Waals surface area contributed by atoms with Gasteiger partial charge in [0.05, 0.1) is 24.1 Å². The van der Waals surface area contributed by atoms with Crippen LogP contribution in [0.3, 0.4) is 0 Å². The van der Waals surface area contributed by atoms with Crippen LogP contribution in [0.1, 0.15) is 30.1 Å². The number of ether oxygens (including phenoxy) is 1. The minimum atomic E-state index is -4.56. The molecular weight excluding hydrogens is 334 g/mol. The number of carbonyl (C=O) groups excluding carboxylic acids is 1. The molecule has 2 N–H and O–H groups in total. The lowest BCUT2D eigenvalue weighted by Gasteiger charge is -2.27. The molecule has 5 nitrogen and oxygen atoms in total. The van der Waals surface area contributed by atoms with Gasteiger partial charge in [0, 0.05) is 6.61 Å². The van der Waals surface area contributed by atoms with Crippen LogP contribution in [0.5, 0.6) is 0 Å². The molecule has 1 saturated heterocycles. The Bertz CT molecular complexity index is 609. The molecule has 0 bridgehead atoms. The number of carboxylic acid groups (broad SMARTS) is 1. The molecule has 1 fully saturated rings. The molecule has 1 aromatic carbocycles. The van der Waals surface area contributed by atoms with Crippen molar-refractivity contribution >= 4 is 11.9 Å². The van der Waals surface area contributed by atoms with Crippen LogP contribution in [-0.4, -0.2) is 35.7 Å². The van der Waals surface area contributed by atoms with Crippen molar-refractivity contribution in [2.45, 2.75) is 30.7 Å². The third kappa shape index (κ3) is 4.22. The number of aliphatic carboxylic acids is 1. The highest BCUT2D eigenvalue weighted by Crippen LogP contribution is 2.31. The number of hydrogen-bond acceptors (Lipinski definition) is 3. The minimum Gasteiger partial charge on any atom is -0.481 e. The zero-order chi connectivity index (χ0) is 18.0. The number of nitrogens with one attached hydrogen (secondary N) is 1. The molecule has 132 valence electrons. The van der Waals surface area contributed by atoms with Gasteiger partial charge in [-0.05, 0) is 24.1 Å². The van der Waals surface area contributed by atoms with E-state index >= 15 is 0 Å². The summed E-state index contributed by atoms with van der Waals surface area (Å²) in [5.74, 6) is -2.28. The number of halogens is 4. The Morgan fingerprint density at radius 2 is 1.92 bits per heavy atom. The van der Waals surface area contributed by atoms with Gasteiger partial charge in [-0.25, -0.2) is 4.39 Å². The lowest BCUT2D eigenvalue weighted by Crippen LogP contribution is -2.51. The molecule has 1 aliphatic rings. The Kier molecular flexibility index (Phi) is 5.12. The van der Waals surface area contributed by atoms with Gasteiger partial charge in [-0.1, -0.05) is 12.1 Å². The Hall–Kier alpha value is -2.16. The van der Waals surface area contributed by atoms with Crippen molar-refractivity contribution in [1.29, 1.82) is 0 Å². The van der Waals surface area contributed by atoms with E-state index in [1.54, 1.807) is 0 Å². The van der Waals surface area contributed by atoms with Crippen molar-refractivity contribution in [3.8, 4) is 0 Å². The second kappa shape index (κ2) is 6.76. The summed E-state index contributed by atoms with van der Waals surface area (Å²) in [4.78, 5) is 22.9. The molecule has 1 amide bonds. The van der Waals surface area contributed by atoms with Crippen LogP contribution < -0.4 is 5.32 Å². The van der Waals surface area contributed by atoms with Crippen molar-refractivity contribution in [2.24, 2.45) is 0 Å². The molecule has 2 rings (SSSR count). The molecule has 0 aliphatic carbocycles. The van der Waals surface area contributed by atoms with Crippen LogP contribution in [-0.2, 0) is 20.5 Å². The van der Waals surface area contributed by atoms with Gasteiger partial charge in [0.1, 0.15) is 0 Å².